The molecule has 1 heterocycles. The average molecular weight is 203 g/mol. The van der Waals surface area contributed by atoms with Crippen LogP contribution in [0.3, 0.4) is 0 Å². The van der Waals surface area contributed by atoms with Gasteiger partial charge in [0.15, 0.2) is 0 Å². The molecule has 1 rings (SSSR count). The number of rotatable bonds is 3. The molecule has 0 saturated carbocycles. The maximum absolute atomic E-state index is 12.9. The average Bonchev–Trinajstić information content (AvgIpc) is 2.01. The fourth-order valence-electron chi connectivity index (χ4n) is 1.01. The maximum Gasteiger partial charge on any atom is 0.306 e. The van der Waals surface area contributed by atoms with Gasteiger partial charge in [0.1, 0.15) is 11.6 Å². The number of aliphatic carboxylic acids is 1. The first kappa shape index (κ1) is 10.5. The number of carbonyl (C=O) groups is 1. The molecule has 0 radical (unpaired) electrons. The highest BCUT2D eigenvalue weighted by atomic mass is 19.1. The lowest BCUT2D eigenvalue weighted by Crippen LogP contribution is -2.09. The highest BCUT2D eigenvalue weighted by Gasteiger charge is 2.20. The molecule has 1 aromatic rings. The molecule has 0 spiro atoms. The summed E-state index contributed by atoms with van der Waals surface area (Å²) in [7, 11) is 0. The molecule has 0 fully saturated rings. The monoisotopic (exact) mass is 203 g/mol. The van der Waals surface area contributed by atoms with Gasteiger partial charge in [-0.25, -0.2) is 8.78 Å². The van der Waals surface area contributed by atoms with Gasteiger partial charge in [0.2, 0.25) is 0 Å². The third-order valence-corrected chi connectivity index (χ3v) is 1.59. The van der Waals surface area contributed by atoms with E-state index >= 15 is 0 Å². The van der Waals surface area contributed by atoms with Crippen LogP contribution in [0, 0.1) is 11.6 Å². The number of carboxylic acids is 1. The SMILES string of the molecule is O=C(O)CC(O)c1c(F)cncc1F. The van der Waals surface area contributed by atoms with E-state index < -0.39 is 35.7 Å². The molecule has 76 valence electrons. The summed E-state index contributed by atoms with van der Waals surface area (Å²) < 4.78 is 25.8. The smallest absolute Gasteiger partial charge is 0.306 e. The second-order valence-corrected chi connectivity index (χ2v) is 2.63. The molecule has 14 heavy (non-hydrogen) atoms. The van der Waals surface area contributed by atoms with E-state index in [0.29, 0.717) is 12.4 Å². The summed E-state index contributed by atoms with van der Waals surface area (Å²) in [5, 5.41) is 17.5. The minimum Gasteiger partial charge on any atom is -0.481 e. The van der Waals surface area contributed by atoms with Crippen LogP contribution >= 0.6 is 0 Å². The Morgan fingerprint density at radius 3 is 2.36 bits per heavy atom. The van der Waals surface area contributed by atoms with E-state index in [-0.39, 0.29) is 0 Å². The first-order chi connectivity index (χ1) is 6.52. The Bertz CT molecular complexity index is 336. The minimum atomic E-state index is -1.70. The highest BCUT2D eigenvalue weighted by Crippen LogP contribution is 2.21. The third-order valence-electron chi connectivity index (χ3n) is 1.59. The lowest BCUT2D eigenvalue weighted by atomic mass is 10.1. The Morgan fingerprint density at radius 1 is 1.43 bits per heavy atom. The number of pyridine rings is 1. The second-order valence-electron chi connectivity index (χ2n) is 2.63. The number of hydrogen-bond donors (Lipinski definition) is 2. The van der Waals surface area contributed by atoms with Crippen LogP contribution in [-0.4, -0.2) is 21.2 Å². The predicted octanol–water partition coefficient (Wildman–Crippen LogP) is 0.868. The number of hydrogen-bond acceptors (Lipinski definition) is 3. The first-order valence-electron chi connectivity index (χ1n) is 3.71. The van der Waals surface area contributed by atoms with Crippen LogP contribution < -0.4 is 0 Å². The number of carboxylic acid groups (broad SMARTS) is 1. The van der Waals surface area contributed by atoms with Crippen molar-refractivity contribution in [1.82, 2.24) is 4.98 Å². The van der Waals surface area contributed by atoms with E-state index in [4.69, 9.17) is 10.2 Å². The Balaban J connectivity index is 2.99. The zero-order valence-corrected chi connectivity index (χ0v) is 6.94. The third kappa shape index (κ3) is 2.23. The molecule has 0 aliphatic carbocycles. The number of halogens is 2. The van der Waals surface area contributed by atoms with E-state index in [1.807, 2.05) is 0 Å². The topological polar surface area (TPSA) is 70.4 Å². The molecule has 4 nitrogen and oxygen atoms in total. The van der Waals surface area contributed by atoms with Crippen molar-refractivity contribution in [1.29, 1.82) is 0 Å². The summed E-state index contributed by atoms with van der Waals surface area (Å²) in [5.41, 5.74) is -0.664. The van der Waals surface area contributed by atoms with Gasteiger partial charge in [0.05, 0.1) is 30.5 Å². The predicted molar refractivity (Wildman–Crippen MR) is 41.4 cm³/mol. The van der Waals surface area contributed by atoms with Crippen LogP contribution in [0.25, 0.3) is 0 Å². The molecule has 1 unspecified atom stereocenters. The molecule has 0 amide bonds. The van der Waals surface area contributed by atoms with Crippen molar-refractivity contribution in [2.45, 2.75) is 12.5 Å². The lowest BCUT2D eigenvalue weighted by Gasteiger charge is -2.09. The number of aliphatic hydroxyl groups is 1. The lowest BCUT2D eigenvalue weighted by molar-refractivity contribution is -0.139. The Kier molecular flexibility index (Phi) is 3.08. The van der Waals surface area contributed by atoms with Crippen LogP contribution in [-0.2, 0) is 4.79 Å². The van der Waals surface area contributed by atoms with Gasteiger partial charge in [-0.1, -0.05) is 0 Å². The second kappa shape index (κ2) is 4.10. The normalized spacial score (nSPS) is 12.5. The molecule has 1 atom stereocenters. The fourth-order valence-corrected chi connectivity index (χ4v) is 1.01. The van der Waals surface area contributed by atoms with Gasteiger partial charge in [-0.15, -0.1) is 0 Å². The largest absolute Gasteiger partial charge is 0.481 e. The summed E-state index contributed by atoms with van der Waals surface area (Å²) in [6.07, 6.45) is -1.03. The molecule has 0 aliphatic heterocycles. The molecule has 0 saturated heterocycles. The Labute approximate surface area is 77.8 Å². The van der Waals surface area contributed by atoms with E-state index in [2.05, 4.69) is 4.98 Å². The van der Waals surface area contributed by atoms with Crippen LogP contribution in [0.4, 0.5) is 8.78 Å². The van der Waals surface area contributed by atoms with Crippen molar-refractivity contribution in [3.8, 4) is 0 Å². The number of aliphatic hydroxyl groups excluding tert-OH is 1. The van der Waals surface area contributed by atoms with Gasteiger partial charge in [0.25, 0.3) is 0 Å². The van der Waals surface area contributed by atoms with E-state index in [9.17, 15) is 13.6 Å². The Morgan fingerprint density at radius 2 is 1.93 bits per heavy atom. The van der Waals surface area contributed by atoms with Gasteiger partial charge in [0, 0.05) is 0 Å². The summed E-state index contributed by atoms with van der Waals surface area (Å²) in [6.45, 7) is 0. The van der Waals surface area contributed by atoms with Crippen molar-refractivity contribution in [3.05, 3.63) is 29.6 Å². The zero-order valence-electron chi connectivity index (χ0n) is 6.94. The number of aromatic nitrogens is 1. The molecular formula is C8H7F2NO3. The molecule has 0 aromatic carbocycles. The van der Waals surface area contributed by atoms with Crippen molar-refractivity contribution < 1.29 is 23.8 Å². The summed E-state index contributed by atoms with van der Waals surface area (Å²) in [6, 6.07) is 0. The molecular weight excluding hydrogens is 196 g/mol. The van der Waals surface area contributed by atoms with Crippen LogP contribution in [0.5, 0.6) is 0 Å². The first-order valence-corrected chi connectivity index (χ1v) is 3.71. The standard InChI is InChI=1S/C8H7F2NO3/c9-4-2-11-3-5(10)8(4)6(12)1-7(13)14/h2-3,6,12H,1H2,(H,13,14). The quantitative estimate of drug-likeness (QED) is 0.764. The highest BCUT2D eigenvalue weighted by molar-refractivity contribution is 5.67. The Hall–Kier alpha value is -1.56. The molecule has 2 N–H and O–H groups in total. The fraction of sp³-hybridized carbons (Fsp3) is 0.250. The van der Waals surface area contributed by atoms with E-state index in [1.54, 1.807) is 0 Å². The van der Waals surface area contributed by atoms with Gasteiger partial charge in [-0.2, -0.15) is 0 Å². The van der Waals surface area contributed by atoms with Crippen molar-refractivity contribution in [3.63, 3.8) is 0 Å². The van der Waals surface area contributed by atoms with Gasteiger partial charge in [-0.3, -0.25) is 9.78 Å². The van der Waals surface area contributed by atoms with Gasteiger partial charge >= 0.3 is 5.97 Å². The molecule has 0 aliphatic rings. The number of nitrogens with zero attached hydrogens (tertiary/aromatic N) is 1. The summed E-state index contributed by atoms with van der Waals surface area (Å²) in [4.78, 5) is 13.4. The summed E-state index contributed by atoms with van der Waals surface area (Å²) >= 11 is 0. The van der Waals surface area contributed by atoms with Crippen LogP contribution in [0.2, 0.25) is 0 Å². The van der Waals surface area contributed by atoms with Crippen molar-refractivity contribution in [2.24, 2.45) is 0 Å². The molecule has 0 bridgehead atoms. The van der Waals surface area contributed by atoms with Crippen LogP contribution in [0.15, 0.2) is 12.4 Å². The van der Waals surface area contributed by atoms with E-state index in [1.165, 1.54) is 0 Å². The van der Waals surface area contributed by atoms with E-state index in [0.717, 1.165) is 0 Å². The van der Waals surface area contributed by atoms with Crippen molar-refractivity contribution >= 4 is 5.97 Å². The van der Waals surface area contributed by atoms with Crippen LogP contribution in [0.1, 0.15) is 18.1 Å². The summed E-state index contributed by atoms with van der Waals surface area (Å²) in [5.74, 6) is -3.45. The molecule has 1 aromatic heterocycles. The van der Waals surface area contributed by atoms with Gasteiger partial charge in [-0.05, 0) is 0 Å². The molecule has 6 heteroatoms. The van der Waals surface area contributed by atoms with Crippen molar-refractivity contribution in [2.75, 3.05) is 0 Å². The van der Waals surface area contributed by atoms with Gasteiger partial charge < -0.3 is 10.2 Å². The zero-order chi connectivity index (χ0) is 10.7. The maximum atomic E-state index is 12.9. The minimum absolute atomic E-state index is 0.664.